The van der Waals surface area contributed by atoms with E-state index < -0.39 is 23.2 Å². The average molecular weight is 662 g/mol. The molecule has 236 valence electrons. The summed E-state index contributed by atoms with van der Waals surface area (Å²) in [4.78, 5) is 27.7. The van der Waals surface area contributed by atoms with Crippen molar-refractivity contribution in [2.45, 2.75) is 33.6 Å². The van der Waals surface area contributed by atoms with Crippen LogP contribution in [0.2, 0.25) is 0 Å². The van der Waals surface area contributed by atoms with Gasteiger partial charge in [0.2, 0.25) is 5.88 Å². The molecule has 13 heteroatoms. The highest BCUT2D eigenvalue weighted by molar-refractivity contribution is 6.55. The van der Waals surface area contributed by atoms with Crippen molar-refractivity contribution < 1.29 is 36.8 Å². The van der Waals surface area contributed by atoms with Gasteiger partial charge in [-0.25, -0.2) is 0 Å². The normalized spacial score (nSPS) is 16.4. The quantitative estimate of drug-likeness (QED) is 0.188. The first-order chi connectivity index (χ1) is 21.3. The fraction of sp³-hybridized carbons (Fsp3) is 0.250. The number of aryl methyl sites for hydroxylation is 1. The van der Waals surface area contributed by atoms with E-state index in [1.54, 1.807) is 13.0 Å². The number of nitrogens with zero attached hydrogens (tertiary/aromatic N) is 2. The summed E-state index contributed by atoms with van der Waals surface area (Å²) >= 11 is 11.5. The summed E-state index contributed by atoms with van der Waals surface area (Å²) in [6.07, 6.45) is 0.238. The van der Waals surface area contributed by atoms with Gasteiger partial charge in [-0.1, -0.05) is 72.5 Å². The lowest BCUT2D eigenvalue weighted by Crippen LogP contribution is -2.19. The van der Waals surface area contributed by atoms with Crippen LogP contribution in [0.15, 0.2) is 94.3 Å². The molecule has 2 unspecified atom stereocenters. The minimum Gasteiger partial charge on any atom is -0.461 e. The highest BCUT2D eigenvalue weighted by Crippen LogP contribution is 2.60. The zero-order valence-corrected chi connectivity index (χ0v) is 25.8. The summed E-state index contributed by atoms with van der Waals surface area (Å²) in [5, 5.41) is 5.62. The van der Waals surface area contributed by atoms with E-state index in [0.717, 1.165) is 29.8 Å². The molecule has 1 aliphatic rings. The Hall–Kier alpha value is -4.35. The van der Waals surface area contributed by atoms with Crippen LogP contribution in [-0.4, -0.2) is 22.0 Å². The van der Waals surface area contributed by atoms with E-state index >= 15 is 0 Å². The van der Waals surface area contributed by atoms with Crippen molar-refractivity contribution in [3.8, 4) is 11.5 Å². The lowest BCUT2D eigenvalue weighted by atomic mass is 10.1. The van der Waals surface area contributed by atoms with Gasteiger partial charge in [0.1, 0.15) is 22.6 Å². The van der Waals surface area contributed by atoms with Gasteiger partial charge in [0.15, 0.2) is 0 Å². The van der Waals surface area contributed by atoms with Gasteiger partial charge in [-0.2, -0.15) is 13.2 Å². The first kappa shape index (κ1) is 33.5. The molecule has 4 aromatic rings. The maximum Gasteiger partial charge on any atom is 0.417 e. The first-order valence-electron chi connectivity index (χ1n) is 13.5. The van der Waals surface area contributed by atoms with Crippen LogP contribution in [0.4, 0.5) is 19.1 Å². The van der Waals surface area contributed by atoms with Crippen molar-refractivity contribution >= 4 is 41.0 Å². The molecule has 2 aromatic heterocycles. The minimum absolute atomic E-state index is 0.00183. The maximum atomic E-state index is 12.7. The molecule has 1 aliphatic carbocycles. The third-order valence-corrected chi connectivity index (χ3v) is 7.33. The van der Waals surface area contributed by atoms with E-state index in [0.29, 0.717) is 11.3 Å². The van der Waals surface area contributed by atoms with E-state index in [-0.39, 0.29) is 40.2 Å². The Kier molecular flexibility index (Phi) is 10.6. The van der Waals surface area contributed by atoms with Crippen LogP contribution in [0.1, 0.15) is 40.9 Å². The Morgan fingerprint density at radius 1 is 1.04 bits per heavy atom. The molecule has 2 aromatic carbocycles. The number of esters is 1. The maximum absolute atomic E-state index is 12.7. The third-order valence-electron chi connectivity index (χ3n) is 7.08. The molecule has 0 spiro atoms. The van der Waals surface area contributed by atoms with Gasteiger partial charge >= 0.3 is 12.1 Å². The Morgan fingerprint density at radius 2 is 1.76 bits per heavy atom. The van der Waals surface area contributed by atoms with Crippen molar-refractivity contribution in [2.75, 3.05) is 5.32 Å². The summed E-state index contributed by atoms with van der Waals surface area (Å²) in [7, 11) is 0. The molecule has 0 saturated heterocycles. The smallest absolute Gasteiger partial charge is 0.417 e. The number of benzene rings is 2. The largest absolute Gasteiger partial charge is 0.461 e. The van der Waals surface area contributed by atoms with E-state index in [1.807, 2.05) is 68.4 Å². The molecule has 0 radical (unpaired) electrons. The Balaban J connectivity index is 0.000000215. The van der Waals surface area contributed by atoms with Crippen LogP contribution < -0.4 is 10.1 Å². The fourth-order valence-corrected chi connectivity index (χ4v) is 4.82. The summed E-state index contributed by atoms with van der Waals surface area (Å²) in [5.41, 5.74) is -0.453. The van der Waals surface area contributed by atoms with Gasteiger partial charge in [0.05, 0.1) is 23.2 Å². The highest BCUT2D eigenvalue weighted by atomic mass is 35.5. The molecule has 0 aliphatic heterocycles. The van der Waals surface area contributed by atoms with Crippen LogP contribution in [0, 0.1) is 24.2 Å². The SMILES string of the molecule is CC1(C)C(C=C(Cl)Cl)C1C(=O)OCc1cccc(Oc2ccccc2)c1.Cc1cnoc1NC(=O)c1cnccc1C(F)(F)F. The van der Waals surface area contributed by atoms with Gasteiger partial charge in [-0.05, 0) is 60.2 Å². The number of pyridine rings is 1. The van der Waals surface area contributed by atoms with E-state index in [4.69, 9.17) is 37.2 Å². The predicted molar refractivity (Wildman–Crippen MR) is 162 cm³/mol. The number of rotatable bonds is 8. The van der Waals surface area contributed by atoms with Crippen LogP contribution in [0.25, 0.3) is 0 Å². The van der Waals surface area contributed by atoms with E-state index in [9.17, 15) is 22.8 Å². The summed E-state index contributed by atoms with van der Waals surface area (Å²) in [6.45, 7) is 5.80. The zero-order chi connectivity index (χ0) is 32.8. The highest BCUT2D eigenvalue weighted by Gasteiger charge is 2.61. The van der Waals surface area contributed by atoms with Crippen LogP contribution in [0.3, 0.4) is 0 Å². The van der Waals surface area contributed by atoms with Crippen molar-refractivity contribution in [3.63, 3.8) is 0 Å². The van der Waals surface area contributed by atoms with Crippen LogP contribution in [0.5, 0.6) is 11.5 Å². The predicted octanol–water partition coefficient (Wildman–Crippen LogP) is 8.76. The van der Waals surface area contributed by atoms with E-state index in [1.165, 1.54) is 6.20 Å². The molecule has 1 N–H and O–H groups in total. The Morgan fingerprint density at radius 3 is 2.40 bits per heavy atom. The molecular formula is C32H28Cl2F3N3O5. The summed E-state index contributed by atoms with van der Waals surface area (Å²) in [6, 6.07) is 17.8. The standard InChI is InChI=1S/C21H20Cl2O3.C11H8F3N3O2/c1-21(2)17(12-18(22)23)19(21)20(24)25-13-14-7-6-10-16(11-14)26-15-8-4-3-5-9-15;1-6-4-16-19-10(6)17-9(18)7-5-15-3-2-8(7)11(12,13)14/h3-12,17,19H,13H2,1-2H3;2-5H,1H3,(H,17,18). The second-order valence-corrected chi connectivity index (χ2v) is 11.7. The van der Waals surface area contributed by atoms with Gasteiger partial charge < -0.3 is 14.0 Å². The average Bonchev–Trinajstić information content (AvgIpc) is 3.28. The third kappa shape index (κ3) is 8.86. The molecule has 1 saturated carbocycles. The summed E-state index contributed by atoms with van der Waals surface area (Å²) in [5.74, 6) is 0.0501. The molecule has 8 nitrogen and oxygen atoms in total. The van der Waals surface area contributed by atoms with Crippen molar-refractivity contribution in [3.05, 3.63) is 112 Å². The second kappa shape index (κ2) is 14.2. The number of alkyl halides is 3. The number of anilines is 1. The number of allylic oxidation sites excluding steroid dienone is 1. The van der Waals surface area contributed by atoms with Gasteiger partial charge in [0.25, 0.3) is 5.91 Å². The minimum atomic E-state index is -4.63. The molecule has 0 bridgehead atoms. The molecule has 1 fully saturated rings. The second-order valence-electron chi connectivity index (χ2n) is 10.7. The van der Waals surface area contributed by atoms with Crippen molar-refractivity contribution in [1.29, 1.82) is 0 Å². The monoisotopic (exact) mass is 661 g/mol. The molecule has 5 rings (SSSR count). The van der Waals surface area contributed by atoms with Crippen LogP contribution >= 0.6 is 23.2 Å². The number of hydrogen-bond donors (Lipinski definition) is 1. The molecule has 2 atom stereocenters. The Labute approximate surface area is 267 Å². The Bertz CT molecular complexity index is 1670. The lowest BCUT2D eigenvalue weighted by Gasteiger charge is -2.11. The number of carbonyl (C=O) groups is 2. The number of carbonyl (C=O) groups excluding carboxylic acids is 2. The van der Waals surface area contributed by atoms with Gasteiger partial charge in [0, 0.05) is 18.0 Å². The number of ether oxygens (including phenoxy) is 2. The fourth-order valence-electron chi connectivity index (χ4n) is 4.55. The number of amides is 1. The molecule has 2 heterocycles. The van der Waals surface area contributed by atoms with Crippen LogP contribution in [-0.2, 0) is 22.3 Å². The molecule has 45 heavy (non-hydrogen) atoms. The molecule has 1 amide bonds. The number of nitrogens with one attached hydrogen (secondary N) is 1. The number of para-hydroxylation sites is 1. The number of aromatic nitrogens is 2. The number of halogens is 5. The van der Waals surface area contributed by atoms with Gasteiger partial charge in [-0.15, -0.1) is 0 Å². The lowest BCUT2D eigenvalue weighted by molar-refractivity contribution is -0.147. The van der Waals surface area contributed by atoms with Crippen molar-refractivity contribution in [2.24, 2.45) is 17.3 Å². The molecular weight excluding hydrogens is 634 g/mol. The topological polar surface area (TPSA) is 104 Å². The summed E-state index contributed by atoms with van der Waals surface area (Å²) < 4.78 is 54.3. The number of hydrogen-bond acceptors (Lipinski definition) is 7. The first-order valence-corrected chi connectivity index (χ1v) is 14.3. The van der Waals surface area contributed by atoms with Crippen molar-refractivity contribution in [1.82, 2.24) is 10.1 Å². The van der Waals surface area contributed by atoms with Gasteiger partial charge in [-0.3, -0.25) is 19.9 Å². The van der Waals surface area contributed by atoms with E-state index in [2.05, 4.69) is 15.5 Å². The zero-order valence-electron chi connectivity index (χ0n) is 24.3.